The van der Waals surface area contributed by atoms with Crippen LogP contribution in [0.3, 0.4) is 0 Å². The van der Waals surface area contributed by atoms with E-state index in [1.54, 1.807) is 36.4 Å². The predicted molar refractivity (Wildman–Crippen MR) is 97.1 cm³/mol. The molecule has 0 fully saturated rings. The van der Waals surface area contributed by atoms with E-state index in [1.807, 2.05) is 0 Å². The van der Waals surface area contributed by atoms with Gasteiger partial charge in [-0.25, -0.2) is 14.3 Å². The summed E-state index contributed by atoms with van der Waals surface area (Å²) >= 11 is 5.86. The minimum atomic E-state index is -0.551. The van der Waals surface area contributed by atoms with Crippen molar-refractivity contribution in [1.82, 2.24) is 14.3 Å². The van der Waals surface area contributed by atoms with E-state index in [4.69, 9.17) is 11.6 Å². The van der Waals surface area contributed by atoms with Gasteiger partial charge >= 0.3 is 11.7 Å². The Morgan fingerprint density at radius 1 is 1.07 bits per heavy atom. The molecular weight excluding hydrogens is 374 g/mol. The molecule has 0 spiro atoms. The summed E-state index contributed by atoms with van der Waals surface area (Å²) in [4.78, 5) is 36.8. The predicted octanol–water partition coefficient (Wildman–Crippen LogP) is 2.64. The lowest BCUT2D eigenvalue weighted by molar-refractivity contribution is -0.384. The molecule has 0 saturated carbocycles. The number of carbonyl (C=O) groups excluding carboxylic acids is 1. The highest BCUT2D eigenvalue weighted by Crippen LogP contribution is 2.24. The SMILES string of the molecule is O=C1N(c2ccc(Cl)cc2)Cc2nn(Cc3ccc([N+](=O)[O-])cc3)c(=O)n21. The van der Waals surface area contributed by atoms with Gasteiger partial charge in [0.05, 0.1) is 18.0 Å². The Kier molecular flexibility index (Phi) is 4.00. The van der Waals surface area contributed by atoms with Gasteiger partial charge in [0, 0.05) is 22.8 Å². The maximum atomic E-state index is 12.6. The molecule has 3 aromatic rings. The zero-order chi connectivity index (χ0) is 19.1. The van der Waals surface area contributed by atoms with Gasteiger partial charge in [0.2, 0.25) is 0 Å². The molecule has 136 valence electrons. The smallest absolute Gasteiger partial charge is 0.286 e. The van der Waals surface area contributed by atoms with Crippen molar-refractivity contribution >= 4 is 29.0 Å². The summed E-state index contributed by atoms with van der Waals surface area (Å²) in [6.45, 7) is 0.286. The number of carbonyl (C=O) groups is 1. The lowest BCUT2D eigenvalue weighted by atomic mass is 10.2. The molecule has 2 heterocycles. The van der Waals surface area contributed by atoms with Crippen LogP contribution in [0.2, 0.25) is 5.02 Å². The van der Waals surface area contributed by atoms with E-state index < -0.39 is 16.6 Å². The van der Waals surface area contributed by atoms with Crippen molar-refractivity contribution in [3.05, 3.63) is 85.5 Å². The molecular formula is C17H12ClN5O4. The molecule has 1 aliphatic heterocycles. The summed E-state index contributed by atoms with van der Waals surface area (Å²) < 4.78 is 2.20. The normalized spacial score (nSPS) is 13.1. The summed E-state index contributed by atoms with van der Waals surface area (Å²) in [5.41, 5.74) is 0.703. The van der Waals surface area contributed by atoms with Crippen molar-refractivity contribution in [2.24, 2.45) is 0 Å². The molecule has 10 heteroatoms. The number of nitrogens with zero attached hydrogens (tertiary/aromatic N) is 5. The summed E-state index contributed by atoms with van der Waals surface area (Å²) in [7, 11) is 0. The fraction of sp³-hybridized carbons (Fsp3) is 0.118. The number of nitro benzene ring substituents is 1. The summed E-state index contributed by atoms with van der Waals surface area (Å²) in [6, 6.07) is 12.1. The molecule has 0 unspecified atom stereocenters. The maximum absolute atomic E-state index is 12.6. The van der Waals surface area contributed by atoms with Crippen LogP contribution in [0.15, 0.2) is 53.3 Å². The number of hydrogen-bond acceptors (Lipinski definition) is 5. The van der Waals surface area contributed by atoms with Crippen LogP contribution in [-0.2, 0) is 13.1 Å². The quantitative estimate of drug-likeness (QED) is 0.507. The summed E-state index contributed by atoms with van der Waals surface area (Å²) in [6.07, 6.45) is 0. The number of nitro groups is 1. The topological polar surface area (TPSA) is 103 Å². The van der Waals surface area contributed by atoms with Crippen molar-refractivity contribution in [2.75, 3.05) is 4.90 Å². The van der Waals surface area contributed by atoms with E-state index in [-0.39, 0.29) is 18.8 Å². The van der Waals surface area contributed by atoms with Gasteiger partial charge in [0.15, 0.2) is 5.82 Å². The number of rotatable bonds is 4. The second-order valence-electron chi connectivity index (χ2n) is 5.96. The van der Waals surface area contributed by atoms with Gasteiger partial charge < -0.3 is 0 Å². The van der Waals surface area contributed by atoms with Crippen LogP contribution in [0.5, 0.6) is 0 Å². The third-order valence-electron chi connectivity index (χ3n) is 4.25. The van der Waals surface area contributed by atoms with Crippen LogP contribution in [-0.4, -0.2) is 25.3 Å². The number of non-ortho nitro benzene ring substituents is 1. The lowest BCUT2D eigenvalue weighted by Gasteiger charge is -2.14. The van der Waals surface area contributed by atoms with Crippen LogP contribution in [0, 0.1) is 10.1 Å². The van der Waals surface area contributed by atoms with E-state index in [2.05, 4.69) is 5.10 Å². The molecule has 0 atom stereocenters. The van der Waals surface area contributed by atoms with Crippen LogP contribution in [0.1, 0.15) is 11.4 Å². The highest BCUT2D eigenvalue weighted by atomic mass is 35.5. The van der Waals surface area contributed by atoms with E-state index in [0.29, 0.717) is 22.1 Å². The molecule has 0 aliphatic carbocycles. The maximum Gasteiger partial charge on any atom is 0.354 e. The summed E-state index contributed by atoms with van der Waals surface area (Å²) in [5, 5.41) is 15.5. The first-order chi connectivity index (χ1) is 12.9. The second-order valence-corrected chi connectivity index (χ2v) is 6.40. The highest BCUT2D eigenvalue weighted by Gasteiger charge is 2.33. The van der Waals surface area contributed by atoms with E-state index in [1.165, 1.54) is 21.7 Å². The Morgan fingerprint density at radius 2 is 1.74 bits per heavy atom. The number of anilines is 1. The van der Waals surface area contributed by atoms with Gasteiger partial charge in [0.1, 0.15) is 0 Å². The van der Waals surface area contributed by atoms with Crippen molar-refractivity contribution in [3.63, 3.8) is 0 Å². The third-order valence-corrected chi connectivity index (χ3v) is 4.50. The zero-order valence-electron chi connectivity index (χ0n) is 13.8. The number of benzene rings is 2. The number of aromatic nitrogens is 3. The highest BCUT2D eigenvalue weighted by molar-refractivity contribution is 6.30. The van der Waals surface area contributed by atoms with Crippen LogP contribution < -0.4 is 10.6 Å². The molecule has 27 heavy (non-hydrogen) atoms. The van der Waals surface area contributed by atoms with Crippen LogP contribution in [0.25, 0.3) is 0 Å². The Labute approximate surface area is 157 Å². The number of amides is 1. The Hall–Kier alpha value is -3.46. The minimum Gasteiger partial charge on any atom is -0.286 e. The second kappa shape index (κ2) is 6.36. The molecule has 2 aromatic carbocycles. The average molecular weight is 386 g/mol. The van der Waals surface area contributed by atoms with Gasteiger partial charge in [-0.15, -0.1) is 0 Å². The van der Waals surface area contributed by atoms with E-state index in [9.17, 15) is 19.7 Å². The van der Waals surface area contributed by atoms with Gasteiger partial charge in [-0.2, -0.15) is 9.67 Å². The third kappa shape index (κ3) is 2.97. The fourth-order valence-corrected chi connectivity index (χ4v) is 3.02. The number of fused-ring (bicyclic) bond motifs is 1. The molecule has 1 aliphatic rings. The molecule has 9 nitrogen and oxygen atoms in total. The molecule has 1 aromatic heterocycles. The van der Waals surface area contributed by atoms with Crippen molar-refractivity contribution in [2.45, 2.75) is 13.1 Å². The first kappa shape index (κ1) is 17.0. The molecule has 4 rings (SSSR count). The van der Waals surface area contributed by atoms with Crippen LogP contribution in [0.4, 0.5) is 16.2 Å². The minimum absolute atomic E-state index is 0.0350. The van der Waals surface area contributed by atoms with Gasteiger partial charge in [-0.3, -0.25) is 15.0 Å². The van der Waals surface area contributed by atoms with Crippen LogP contribution >= 0.6 is 11.6 Å². The largest absolute Gasteiger partial charge is 0.354 e. The Bertz CT molecular complexity index is 1100. The monoisotopic (exact) mass is 385 g/mol. The molecule has 0 radical (unpaired) electrons. The molecule has 1 amide bonds. The van der Waals surface area contributed by atoms with Crippen molar-refractivity contribution < 1.29 is 9.72 Å². The van der Waals surface area contributed by atoms with E-state index >= 15 is 0 Å². The summed E-state index contributed by atoms with van der Waals surface area (Å²) in [5.74, 6) is 0.335. The lowest BCUT2D eigenvalue weighted by Crippen LogP contribution is -2.34. The average Bonchev–Trinajstić information content (AvgIpc) is 3.13. The number of halogens is 1. The molecule has 0 saturated heterocycles. The first-order valence-electron chi connectivity index (χ1n) is 7.93. The Morgan fingerprint density at radius 3 is 2.33 bits per heavy atom. The van der Waals surface area contributed by atoms with Gasteiger partial charge in [-0.1, -0.05) is 23.7 Å². The van der Waals surface area contributed by atoms with Crippen molar-refractivity contribution in [1.29, 1.82) is 0 Å². The molecule has 0 bridgehead atoms. The number of hydrogen-bond donors (Lipinski definition) is 0. The fourth-order valence-electron chi connectivity index (χ4n) is 2.90. The zero-order valence-corrected chi connectivity index (χ0v) is 14.5. The Balaban J connectivity index is 1.59. The molecule has 0 N–H and O–H groups in total. The van der Waals surface area contributed by atoms with Gasteiger partial charge in [0.25, 0.3) is 5.69 Å². The van der Waals surface area contributed by atoms with Gasteiger partial charge in [-0.05, 0) is 29.8 Å². The standard InChI is InChI=1S/C17H12ClN5O4/c18-12-3-7-13(8-4-12)20-10-15-19-21(17(25)22(15)16(20)24)9-11-1-5-14(6-2-11)23(26)27/h1-8H,9-10H2. The van der Waals surface area contributed by atoms with Crippen molar-refractivity contribution in [3.8, 4) is 0 Å². The first-order valence-corrected chi connectivity index (χ1v) is 8.31. The van der Waals surface area contributed by atoms with E-state index in [0.717, 1.165) is 4.57 Å².